The maximum Gasteiger partial charge on any atom is 0.251 e. The van der Waals surface area contributed by atoms with Gasteiger partial charge in [-0.2, -0.15) is 0 Å². The Hall–Kier alpha value is -2.68. The van der Waals surface area contributed by atoms with Gasteiger partial charge in [0.05, 0.1) is 0 Å². The molecule has 8 heteroatoms. The van der Waals surface area contributed by atoms with Crippen LogP contribution in [0.3, 0.4) is 0 Å². The van der Waals surface area contributed by atoms with Gasteiger partial charge >= 0.3 is 0 Å². The molecule has 0 aromatic heterocycles. The summed E-state index contributed by atoms with van der Waals surface area (Å²) in [7, 11) is 0. The van der Waals surface area contributed by atoms with Crippen molar-refractivity contribution in [2.45, 2.75) is 12.1 Å². The van der Waals surface area contributed by atoms with Crippen LogP contribution in [0.2, 0.25) is 0 Å². The first-order valence-corrected chi connectivity index (χ1v) is 10.6. The number of carbonyl (C=O) groups is 1. The zero-order chi connectivity index (χ0) is 21.7. The molecular formula is C23H28FN3O4. The van der Waals surface area contributed by atoms with E-state index in [2.05, 4.69) is 15.1 Å². The lowest BCUT2D eigenvalue weighted by Crippen LogP contribution is -2.64. The van der Waals surface area contributed by atoms with E-state index in [1.165, 1.54) is 24.3 Å². The highest BCUT2D eigenvalue weighted by Crippen LogP contribution is 2.38. The number of benzene rings is 2. The maximum atomic E-state index is 13.0. The summed E-state index contributed by atoms with van der Waals surface area (Å²) in [6.07, 6.45) is 0.467. The Bertz CT molecular complexity index is 887. The molecule has 1 saturated heterocycles. The van der Waals surface area contributed by atoms with Crippen molar-refractivity contribution < 1.29 is 23.8 Å². The van der Waals surface area contributed by atoms with E-state index in [0.717, 1.165) is 38.5 Å². The van der Waals surface area contributed by atoms with Crippen LogP contribution in [0.25, 0.3) is 0 Å². The molecule has 1 amide bonds. The molecule has 2 aromatic carbocycles. The zero-order valence-electron chi connectivity index (χ0n) is 17.4. The summed E-state index contributed by atoms with van der Waals surface area (Å²) < 4.78 is 25.3. The van der Waals surface area contributed by atoms with Crippen LogP contribution in [0.15, 0.2) is 48.5 Å². The highest BCUT2D eigenvalue weighted by atomic mass is 19.1. The SMILES string of the molecule is O=C(NCCN1CCN(C2(CCO)COc3ccccc3O2)CC1)c1ccc(F)cc1. The first kappa shape index (κ1) is 21.5. The van der Waals surface area contributed by atoms with Crippen LogP contribution in [0.5, 0.6) is 11.5 Å². The second-order valence-corrected chi connectivity index (χ2v) is 7.85. The van der Waals surface area contributed by atoms with Gasteiger partial charge in [0.1, 0.15) is 12.4 Å². The number of aliphatic hydroxyl groups is 1. The van der Waals surface area contributed by atoms with Crippen molar-refractivity contribution >= 4 is 5.91 Å². The van der Waals surface area contributed by atoms with Gasteiger partial charge in [-0.15, -0.1) is 0 Å². The minimum Gasteiger partial charge on any atom is -0.484 e. The van der Waals surface area contributed by atoms with Crippen molar-refractivity contribution in [1.82, 2.24) is 15.1 Å². The van der Waals surface area contributed by atoms with E-state index >= 15 is 0 Å². The molecule has 2 aliphatic heterocycles. The fraction of sp³-hybridized carbons (Fsp3) is 0.435. The molecule has 2 aromatic rings. The number of para-hydroxylation sites is 2. The molecule has 31 heavy (non-hydrogen) atoms. The summed E-state index contributed by atoms with van der Waals surface area (Å²) in [6, 6.07) is 13.1. The van der Waals surface area contributed by atoms with Crippen LogP contribution in [-0.4, -0.2) is 79.0 Å². The van der Waals surface area contributed by atoms with Crippen LogP contribution < -0.4 is 14.8 Å². The highest BCUT2D eigenvalue weighted by molar-refractivity contribution is 5.94. The summed E-state index contributed by atoms with van der Waals surface area (Å²) in [6.45, 7) is 4.84. The van der Waals surface area contributed by atoms with E-state index in [1.54, 1.807) is 0 Å². The summed E-state index contributed by atoms with van der Waals surface area (Å²) in [5.41, 5.74) is -0.224. The van der Waals surface area contributed by atoms with Gasteiger partial charge in [0.15, 0.2) is 17.2 Å². The fourth-order valence-electron chi connectivity index (χ4n) is 4.10. The molecular weight excluding hydrogens is 401 g/mol. The number of amides is 1. The predicted molar refractivity (Wildman–Crippen MR) is 114 cm³/mol. The normalized spacial score (nSPS) is 21.6. The number of halogens is 1. The molecule has 0 bridgehead atoms. The number of nitrogens with zero attached hydrogens (tertiary/aromatic N) is 2. The molecule has 7 nitrogen and oxygen atoms in total. The second kappa shape index (κ2) is 9.64. The topological polar surface area (TPSA) is 74.3 Å². The minimum absolute atomic E-state index is 0.0150. The van der Waals surface area contributed by atoms with E-state index < -0.39 is 5.72 Å². The van der Waals surface area contributed by atoms with Crippen LogP contribution in [0.1, 0.15) is 16.8 Å². The van der Waals surface area contributed by atoms with E-state index in [9.17, 15) is 14.3 Å². The van der Waals surface area contributed by atoms with E-state index in [0.29, 0.717) is 30.9 Å². The summed E-state index contributed by atoms with van der Waals surface area (Å²) in [4.78, 5) is 16.7. The number of nitrogens with one attached hydrogen (secondary N) is 1. The third-order valence-electron chi connectivity index (χ3n) is 5.87. The molecule has 2 heterocycles. The lowest BCUT2D eigenvalue weighted by Gasteiger charge is -2.48. The molecule has 1 unspecified atom stereocenters. The molecule has 1 atom stereocenters. The first-order valence-electron chi connectivity index (χ1n) is 10.6. The van der Waals surface area contributed by atoms with E-state index in [-0.39, 0.29) is 18.3 Å². The van der Waals surface area contributed by atoms with Gasteiger partial charge in [0.25, 0.3) is 5.91 Å². The third kappa shape index (κ3) is 4.98. The Balaban J connectivity index is 1.27. The number of ether oxygens (including phenoxy) is 2. The van der Waals surface area contributed by atoms with Gasteiger partial charge in [0, 0.05) is 57.9 Å². The molecule has 0 aliphatic carbocycles. The number of hydrogen-bond acceptors (Lipinski definition) is 6. The van der Waals surface area contributed by atoms with Crippen molar-refractivity contribution in [3.63, 3.8) is 0 Å². The van der Waals surface area contributed by atoms with E-state index in [1.807, 2.05) is 24.3 Å². The maximum absolute atomic E-state index is 13.0. The van der Waals surface area contributed by atoms with Crippen molar-refractivity contribution in [3.8, 4) is 11.5 Å². The van der Waals surface area contributed by atoms with Crippen LogP contribution in [0.4, 0.5) is 4.39 Å². The standard InChI is InChI=1S/C23H28FN3O4/c24-19-7-5-18(6-8-19)22(29)25-10-11-26-12-14-27(15-13-26)23(9-16-28)17-30-20-3-1-2-4-21(20)31-23/h1-8,28H,9-17H2,(H,25,29). The van der Waals surface area contributed by atoms with Crippen LogP contribution in [-0.2, 0) is 0 Å². The molecule has 0 spiro atoms. The van der Waals surface area contributed by atoms with Gasteiger partial charge in [-0.3, -0.25) is 14.6 Å². The average Bonchev–Trinajstić information content (AvgIpc) is 2.80. The second-order valence-electron chi connectivity index (χ2n) is 7.85. The Morgan fingerprint density at radius 3 is 2.48 bits per heavy atom. The largest absolute Gasteiger partial charge is 0.484 e. The average molecular weight is 429 g/mol. The Labute approximate surface area is 181 Å². The molecule has 0 saturated carbocycles. The quantitative estimate of drug-likeness (QED) is 0.698. The van der Waals surface area contributed by atoms with Gasteiger partial charge in [-0.25, -0.2) is 4.39 Å². The summed E-state index contributed by atoms with van der Waals surface area (Å²) in [5, 5.41) is 12.5. The fourth-order valence-corrected chi connectivity index (χ4v) is 4.10. The smallest absolute Gasteiger partial charge is 0.251 e. The van der Waals surface area contributed by atoms with Crippen molar-refractivity contribution in [2.24, 2.45) is 0 Å². The third-order valence-corrected chi connectivity index (χ3v) is 5.87. The molecule has 4 rings (SSSR count). The van der Waals surface area contributed by atoms with Gasteiger partial charge in [0.2, 0.25) is 0 Å². The lowest BCUT2D eigenvalue weighted by atomic mass is 10.1. The number of carbonyl (C=O) groups excluding carboxylic acids is 1. The van der Waals surface area contributed by atoms with Gasteiger partial charge in [-0.1, -0.05) is 12.1 Å². The van der Waals surface area contributed by atoms with Gasteiger partial charge < -0.3 is 19.9 Å². The minimum atomic E-state index is -0.675. The van der Waals surface area contributed by atoms with Crippen LogP contribution >= 0.6 is 0 Å². The monoisotopic (exact) mass is 429 g/mol. The van der Waals surface area contributed by atoms with Crippen molar-refractivity contribution in [3.05, 3.63) is 59.9 Å². The summed E-state index contributed by atoms with van der Waals surface area (Å²) in [5.74, 6) is 0.871. The summed E-state index contributed by atoms with van der Waals surface area (Å²) >= 11 is 0. The Morgan fingerprint density at radius 1 is 1.06 bits per heavy atom. The van der Waals surface area contributed by atoms with Crippen LogP contribution in [0, 0.1) is 5.82 Å². The highest BCUT2D eigenvalue weighted by Gasteiger charge is 2.44. The molecule has 0 radical (unpaired) electrons. The first-order chi connectivity index (χ1) is 15.1. The Kier molecular flexibility index (Phi) is 6.70. The number of piperazine rings is 1. The van der Waals surface area contributed by atoms with Gasteiger partial charge in [-0.05, 0) is 36.4 Å². The van der Waals surface area contributed by atoms with Crippen molar-refractivity contribution in [1.29, 1.82) is 0 Å². The molecule has 2 aliphatic rings. The predicted octanol–water partition coefficient (Wildman–Crippen LogP) is 1.72. The zero-order valence-corrected chi connectivity index (χ0v) is 17.4. The number of hydrogen-bond donors (Lipinski definition) is 2. The molecule has 166 valence electrons. The number of aliphatic hydroxyl groups excluding tert-OH is 1. The lowest BCUT2D eigenvalue weighted by molar-refractivity contribution is -0.150. The number of fused-ring (bicyclic) bond motifs is 1. The molecule has 2 N–H and O–H groups in total. The van der Waals surface area contributed by atoms with Crippen molar-refractivity contribution in [2.75, 3.05) is 52.5 Å². The molecule has 1 fully saturated rings. The number of rotatable bonds is 7. The Morgan fingerprint density at radius 2 is 1.77 bits per heavy atom. The van der Waals surface area contributed by atoms with E-state index in [4.69, 9.17) is 9.47 Å².